The number of hydrogen-bond acceptors (Lipinski definition) is 7. The first-order chi connectivity index (χ1) is 25.8. The average molecular weight is 781 g/mol. The van der Waals surface area contributed by atoms with Crippen LogP contribution in [0.25, 0.3) is 5.57 Å². The van der Waals surface area contributed by atoms with Crippen LogP contribution in [0, 0.1) is 22.7 Å². The highest BCUT2D eigenvalue weighted by molar-refractivity contribution is 7.80. The van der Waals surface area contributed by atoms with Gasteiger partial charge in [0, 0.05) is 36.8 Å². The van der Waals surface area contributed by atoms with Gasteiger partial charge in [0.2, 0.25) is 5.91 Å². The number of anilines is 1. The lowest BCUT2D eigenvalue weighted by molar-refractivity contribution is -0.138. The molecule has 2 unspecified atom stereocenters. The van der Waals surface area contributed by atoms with Crippen molar-refractivity contribution in [3.05, 3.63) is 89.3 Å². The molecule has 0 saturated carbocycles. The number of amides is 1. The summed E-state index contributed by atoms with van der Waals surface area (Å²) in [4.78, 5) is 16.9. The van der Waals surface area contributed by atoms with E-state index >= 15 is 0 Å². The average Bonchev–Trinajstić information content (AvgIpc) is 3.55. The molecule has 0 bridgehead atoms. The van der Waals surface area contributed by atoms with Crippen LogP contribution in [-0.4, -0.2) is 65.4 Å². The third-order valence-corrected chi connectivity index (χ3v) is 9.83. The molecule has 1 fully saturated rings. The molecule has 0 radical (unpaired) electrons. The third-order valence-electron chi connectivity index (χ3n) is 9.54. The maximum absolute atomic E-state index is 13.5. The van der Waals surface area contributed by atoms with Crippen molar-refractivity contribution >= 4 is 34.5 Å². The lowest BCUT2D eigenvalue weighted by atomic mass is 9.85. The van der Waals surface area contributed by atoms with Crippen LogP contribution in [0.4, 0.5) is 18.9 Å². The zero-order valence-electron chi connectivity index (χ0n) is 32.8. The van der Waals surface area contributed by atoms with Gasteiger partial charge in [0.05, 0.1) is 36.1 Å². The molecule has 1 aliphatic heterocycles. The summed E-state index contributed by atoms with van der Waals surface area (Å²) in [7, 11) is 0. The summed E-state index contributed by atoms with van der Waals surface area (Å²) in [6.45, 7) is 19.1. The van der Waals surface area contributed by atoms with E-state index in [0.717, 1.165) is 67.1 Å². The Morgan fingerprint density at radius 2 is 1.78 bits per heavy atom. The number of nitrogens with one attached hydrogen (secondary N) is 2. The number of benzene rings is 2. The fraction of sp³-hybridized carbons (Fsp3) is 0.500. The second-order valence-electron chi connectivity index (χ2n) is 16.0. The second kappa shape index (κ2) is 18.5. The van der Waals surface area contributed by atoms with Crippen molar-refractivity contribution in [2.75, 3.05) is 38.2 Å². The fourth-order valence-electron chi connectivity index (χ4n) is 6.62. The van der Waals surface area contributed by atoms with E-state index < -0.39 is 23.0 Å². The Balaban J connectivity index is 1.23. The lowest BCUT2D eigenvalue weighted by Crippen LogP contribution is -2.54. The van der Waals surface area contributed by atoms with E-state index in [0.29, 0.717) is 44.3 Å². The molecule has 2 aliphatic rings. The van der Waals surface area contributed by atoms with Gasteiger partial charge in [-0.1, -0.05) is 52.5 Å². The van der Waals surface area contributed by atoms with Gasteiger partial charge in [0.25, 0.3) is 0 Å². The van der Waals surface area contributed by atoms with Crippen LogP contribution in [0.5, 0.6) is 5.75 Å². The van der Waals surface area contributed by atoms with Crippen LogP contribution in [0.1, 0.15) is 90.3 Å². The van der Waals surface area contributed by atoms with Crippen molar-refractivity contribution in [1.82, 2.24) is 15.1 Å². The number of carbonyl (C=O) groups is 1. The van der Waals surface area contributed by atoms with Gasteiger partial charge in [0.1, 0.15) is 11.8 Å². The molecule has 298 valence electrons. The van der Waals surface area contributed by atoms with Gasteiger partial charge < -0.3 is 35.6 Å². The van der Waals surface area contributed by atoms with Crippen molar-refractivity contribution < 1.29 is 27.4 Å². The van der Waals surface area contributed by atoms with Crippen molar-refractivity contribution in [2.45, 2.75) is 91.5 Å². The Hall–Kier alpha value is -4.38. The number of likely N-dealkylation sites (tertiary alicyclic amines) is 1. The van der Waals surface area contributed by atoms with Gasteiger partial charge >= 0.3 is 6.18 Å². The number of thiocarbonyl (C=S) groups is 1. The van der Waals surface area contributed by atoms with Gasteiger partial charge in [-0.15, -0.1) is 0 Å². The first-order valence-electron chi connectivity index (χ1n) is 18.7. The van der Waals surface area contributed by atoms with Gasteiger partial charge in [-0.2, -0.15) is 18.4 Å². The zero-order chi connectivity index (χ0) is 40.6. The van der Waals surface area contributed by atoms with Crippen molar-refractivity contribution in [3.8, 4) is 11.8 Å². The number of halogens is 3. The first-order valence-corrected chi connectivity index (χ1v) is 19.1. The predicted molar refractivity (Wildman–Crippen MR) is 216 cm³/mol. The van der Waals surface area contributed by atoms with E-state index in [1.807, 2.05) is 41.3 Å². The summed E-state index contributed by atoms with van der Waals surface area (Å²) < 4.78 is 52.4. The summed E-state index contributed by atoms with van der Waals surface area (Å²) >= 11 is 5.64. The highest BCUT2D eigenvalue weighted by Gasteiger charge is 2.37. The molecule has 1 saturated heterocycles. The molecule has 9 nitrogen and oxygen atoms in total. The summed E-state index contributed by atoms with van der Waals surface area (Å²) in [5, 5.41) is 15.5. The molecule has 1 heterocycles. The highest BCUT2D eigenvalue weighted by atomic mass is 32.1. The first kappa shape index (κ1) is 43.3. The van der Waals surface area contributed by atoms with Crippen LogP contribution in [0.15, 0.2) is 72.6 Å². The molecule has 0 aromatic heterocycles. The van der Waals surface area contributed by atoms with Crippen LogP contribution >= 0.6 is 12.2 Å². The predicted octanol–water partition coefficient (Wildman–Crippen LogP) is 8.59. The number of alkyl halides is 3. The number of nitriles is 1. The molecule has 4 rings (SSSR count). The van der Waals surface area contributed by atoms with Crippen LogP contribution in [-0.2, 0) is 15.7 Å². The van der Waals surface area contributed by atoms with E-state index in [2.05, 4.69) is 44.9 Å². The van der Waals surface area contributed by atoms with Gasteiger partial charge in [0.15, 0.2) is 5.11 Å². The summed E-state index contributed by atoms with van der Waals surface area (Å²) in [6.07, 6.45) is 3.21. The highest BCUT2D eigenvalue weighted by Crippen LogP contribution is 2.35. The minimum Gasteiger partial charge on any atom is -0.494 e. The molecule has 55 heavy (non-hydrogen) atoms. The Labute approximate surface area is 329 Å². The standard InChI is InChI=1S/C42H55F3N6O3S/c1-28-20-21-50(26-28)38(52)37(40(3,4)5)48-29(2)27-53-22-8-9-23-54-35-18-13-31(14-19-35)30-11-16-34(17-12-30)51(41(6,7)47)39(55)49-33-15-10-32(25-46)36(24-33)42(43,44)45/h10-11,13-16,18-19,24,28,37,48H,2,8-9,12,17,20-23,26-27,47H2,1,3-7H3,(H,49,55). The Bertz CT molecular complexity index is 1790. The number of unbranched alkanes of at least 4 members (excludes halogenated alkanes) is 1. The molecular formula is C42H55F3N6O3S. The topological polar surface area (TPSA) is 116 Å². The molecule has 2 atom stereocenters. The van der Waals surface area contributed by atoms with Gasteiger partial charge in [-0.3, -0.25) is 4.79 Å². The monoisotopic (exact) mass is 780 g/mol. The summed E-state index contributed by atoms with van der Waals surface area (Å²) in [5.41, 5.74) is 7.56. The molecule has 13 heteroatoms. The Morgan fingerprint density at radius 3 is 2.35 bits per heavy atom. The normalized spacial score (nSPS) is 16.7. The zero-order valence-corrected chi connectivity index (χ0v) is 33.6. The summed E-state index contributed by atoms with van der Waals surface area (Å²) in [6, 6.07) is 12.5. The van der Waals surface area contributed by atoms with Crippen LogP contribution in [0.2, 0.25) is 0 Å². The SMILES string of the molecule is C=C(COCCCCOc1ccc(C2=CC=C(N(C(=S)Nc3ccc(C#N)c(C(F)(F)F)c3)C(C)(C)N)CC2)cc1)NC(C(=O)N1CCC(C)C1)C(C)(C)C. The number of rotatable bonds is 15. The molecule has 4 N–H and O–H groups in total. The van der Waals surface area contributed by atoms with E-state index in [1.54, 1.807) is 24.8 Å². The summed E-state index contributed by atoms with van der Waals surface area (Å²) in [5.74, 6) is 1.42. The van der Waals surface area contributed by atoms with Crippen molar-refractivity contribution in [3.63, 3.8) is 0 Å². The van der Waals surface area contributed by atoms with E-state index in [4.69, 9.17) is 32.7 Å². The number of allylic oxidation sites excluding steroid dienone is 4. The number of carbonyl (C=O) groups excluding carboxylic acids is 1. The Morgan fingerprint density at radius 1 is 1.09 bits per heavy atom. The number of nitrogens with two attached hydrogens (primary N) is 1. The maximum atomic E-state index is 13.5. The van der Waals surface area contributed by atoms with Crippen LogP contribution in [0.3, 0.4) is 0 Å². The minimum atomic E-state index is -4.69. The van der Waals surface area contributed by atoms with E-state index in [9.17, 15) is 18.0 Å². The fourth-order valence-corrected chi connectivity index (χ4v) is 7.09. The number of ether oxygens (including phenoxy) is 2. The number of hydrogen-bond donors (Lipinski definition) is 3. The molecule has 0 spiro atoms. The smallest absolute Gasteiger partial charge is 0.417 e. The second-order valence-corrected chi connectivity index (χ2v) is 16.4. The van der Waals surface area contributed by atoms with Crippen molar-refractivity contribution in [2.24, 2.45) is 17.1 Å². The molecule has 1 aliphatic carbocycles. The molecule has 2 aromatic carbocycles. The largest absolute Gasteiger partial charge is 0.494 e. The van der Waals surface area contributed by atoms with E-state index in [1.165, 1.54) is 6.07 Å². The quantitative estimate of drug-likeness (QED) is 0.0929. The molecular weight excluding hydrogens is 726 g/mol. The van der Waals surface area contributed by atoms with Crippen LogP contribution < -0.4 is 21.1 Å². The van der Waals surface area contributed by atoms with E-state index in [-0.39, 0.29) is 28.2 Å². The van der Waals surface area contributed by atoms with Gasteiger partial charge in [-0.25, -0.2) is 0 Å². The minimum absolute atomic E-state index is 0.107. The Kier molecular flexibility index (Phi) is 14.6. The van der Waals surface area contributed by atoms with Gasteiger partial charge in [-0.05, 0) is 117 Å². The lowest BCUT2D eigenvalue weighted by Gasteiger charge is -2.40. The van der Waals surface area contributed by atoms with Crippen molar-refractivity contribution in [1.29, 1.82) is 5.26 Å². The number of nitrogens with zero attached hydrogens (tertiary/aromatic N) is 3. The maximum Gasteiger partial charge on any atom is 0.417 e. The third kappa shape index (κ3) is 12.3. The molecule has 2 aromatic rings. The molecule has 1 amide bonds.